The van der Waals surface area contributed by atoms with Gasteiger partial charge in [0.05, 0.1) is 33.9 Å². The van der Waals surface area contributed by atoms with E-state index in [-0.39, 0.29) is 5.41 Å². The fourth-order valence-corrected chi connectivity index (χ4v) is 6.29. The summed E-state index contributed by atoms with van der Waals surface area (Å²) in [6.45, 7) is 4.43. The van der Waals surface area contributed by atoms with Crippen molar-refractivity contribution < 1.29 is 8.83 Å². The van der Waals surface area contributed by atoms with Gasteiger partial charge in [-0.15, -0.1) is 20.4 Å². The molecule has 0 atom stereocenters. The van der Waals surface area contributed by atoms with Crippen molar-refractivity contribution >= 4 is 0 Å². The highest BCUT2D eigenvalue weighted by atomic mass is 16.4. The molecule has 0 bridgehead atoms. The van der Waals surface area contributed by atoms with Crippen LogP contribution in [-0.2, 0) is 5.41 Å². The largest absolute Gasteiger partial charge is 0.416 e. The molecule has 234 valence electrons. The standard InChI is InChI=1S/C39H26N8O2/c1-39(2)29-19-23(35-44-46-37(48-35)25-11-15-33(42-21-25)31-7-3-5-17-40-31)9-13-27(29)28-14-10-24(20-30(28)39)36-45-47-38(49-36)26-12-16-34(43-22-26)32-8-4-6-18-41-32/h3-22H,1-2H3. The molecule has 10 nitrogen and oxygen atoms in total. The second-order valence-corrected chi connectivity index (χ2v) is 12.3. The van der Waals surface area contributed by atoms with Crippen molar-refractivity contribution in [3.05, 3.63) is 133 Å². The Kier molecular flexibility index (Phi) is 6.54. The molecule has 6 heterocycles. The lowest BCUT2D eigenvalue weighted by Crippen LogP contribution is -2.15. The summed E-state index contributed by atoms with van der Waals surface area (Å²) in [7, 11) is 0. The first kappa shape index (κ1) is 28.5. The SMILES string of the molecule is CC1(C)c2cc(-c3nnc(-c4ccc(-c5ccccn5)nc4)o3)ccc2-c2ccc(-c3nnc(-c4ccc(-c5ccccn5)nc4)o3)cc21. The molecule has 0 unspecified atom stereocenters. The first-order valence-electron chi connectivity index (χ1n) is 15.7. The minimum Gasteiger partial charge on any atom is -0.416 e. The lowest BCUT2D eigenvalue weighted by molar-refractivity contribution is 0.583. The van der Waals surface area contributed by atoms with Gasteiger partial charge < -0.3 is 8.83 Å². The second kappa shape index (κ2) is 11.2. The van der Waals surface area contributed by atoms with Gasteiger partial charge in [-0.3, -0.25) is 19.9 Å². The van der Waals surface area contributed by atoms with Crippen molar-refractivity contribution in [2.24, 2.45) is 0 Å². The van der Waals surface area contributed by atoms with Crippen LogP contribution in [0.1, 0.15) is 25.0 Å². The number of pyridine rings is 4. The molecule has 0 amide bonds. The van der Waals surface area contributed by atoms with E-state index in [2.05, 4.69) is 78.4 Å². The maximum atomic E-state index is 6.14. The molecule has 0 N–H and O–H groups in total. The molecule has 0 fully saturated rings. The highest BCUT2D eigenvalue weighted by molar-refractivity contribution is 5.84. The third-order valence-electron chi connectivity index (χ3n) is 8.90. The molecule has 49 heavy (non-hydrogen) atoms. The summed E-state index contributed by atoms with van der Waals surface area (Å²) in [5.41, 5.74) is 10.7. The molecule has 10 heteroatoms. The number of rotatable bonds is 6. The van der Waals surface area contributed by atoms with Crippen LogP contribution in [0.4, 0.5) is 0 Å². The number of aromatic nitrogens is 8. The maximum Gasteiger partial charge on any atom is 0.249 e. The van der Waals surface area contributed by atoms with Crippen molar-refractivity contribution in [3.63, 3.8) is 0 Å². The molecule has 6 aromatic heterocycles. The number of fused-ring (bicyclic) bond motifs is 3. The van der Waals surface area contributed by atoms with E-state index in [0.717, 1.165) is 56.2 Å². The lowest BCUT2D eigenvalue weighted by Gasteiger charge is -2.22. The van der Waals surface area contributed by atoms with Crippen LogP contribution in [0.5, 0.6) is 0 Å². The zero-order valence-electron chi connectivity index (χ0n) is 26.4. The Bertz CT molecular complexity index is 2280. The van der Waals surface area contributed by atoms with Crippen molar-refractivity contribution in [3.8, 4) is 79.7 Å². The van der Waals surface area contributed by atoms with Gasteiger partial charge in [-0.25, -0.2) is 0 Å². The normalized spacial score (nSPS) is 12.9. The van der Waals surface area contributed by atoms with Crippen LogP contribution in [0.25, 0.3) is 79.7 Å². The molecule has 0 saturated carbocycles. The van der Waals surface area contributed by atoms with Crippen molar-refractivity contribution in [1.29, 1.82) is 0 Å². The number of hydrogen-bond donors (Lipinski definition) is 0. The Morgan fingerprint density at radius 1 is 0.429 bits per heavy atom. The first-order chi connectivity index (χ1) is 24.0. The minimum atomic E-state index is -0.307. The van der Waals surface area contributed by atoms with E-state index in [9.17, 15) is 0 Å². The third kappa shape index (κ3) is 4.97. The summed E-state index contributed by atoms with van der Waals surface area (Å²) < 4.78 is 12.3. The number of benzene rings is 2. The van der Waals surface area contributed by atoms with Crippen LogP contribution < -0.4 is 0 Å². The summed E-state index contributed by atoms with van der Waals surface area (Å²) >= 11 is 0. The van der Waals surface area contributed by atoms with E-state index >= 15 is 0 Å². The molecule has 1 aliphatic rings. The van der Waals surface area contributed by atoms with E-state index < -0.39 is 0 Å². The zero-order chi connectivity index (χ0) is 33.0. The molecule has 0 aliphatic heterocycles. The molecule has 8 aromatic rings. The minimum absolute atomic E-state index is 0.307. The van der Waals surface area contributed by atoms with Crippen LogP contribution in [0.15, 0.2) is 131 Å². The topological polar surface area (TPSA) is 129 Å². The molecule has 9 rings (SSSR count). The summed E-state index contributed by atoms with van der Waals surface area (Å²) in [6, 6.07) is 31.7. The zero-order valence-corrected chi connectivity index (χ0v) is 26.4. The summed E-state index contributed by atoms with van der Waals surface area (Å²) in [5.74, 6) is 1.70. The van der Waals surface area contributed by atoms with Gasteiger partial charge in [0.2, 0.25) is 23.6 Å². The van der Waals surface area contributed by atoms with Crippen LogP contribution in [0.2, 0.25) is 0 Å². The van der Waals surface area contributed by atoms with Gasteiger partial charge in [0.15, 0.2) is 0 Å². The second-order valence-electron chi connectivity index (χ2n) is 12.3. The molecule has 2 aromatic carbocycles. The summed E-state index contributed by atoms with van der Waals surface area (Å²) in [5, 5.41) is 17.4. The summed E-state index contributed by atoms with van der Waals surface area (Å²) in [4.78, 5) is 17.8. The molecule has 1 aliphatic carbocycles. The molecular weight excluding hydrogens is 612 g/mol. The van der Waals surface area contributed by atoms with E-state index in [1.54, 1.807) is 24.8 Å². The predicted octanol–water partition coefficient (Wildman–Crippen LogP) is 8.34. The Morgan fingerprint density at radius 2 is 0.837 bits per heavy atom. The Labute approximate surface area is 280 Å². The van der Waals surface area contributed by atoms with Crippen molar-refractivity contribution in [1.82, 2.24) is 40.3 Å². The van der Waals surface area contributed by atoms with Crippen LogP contribution in [-0.4, -0.2) is 40.3 Å². The van der Waals surface area contributed by atoms with Gasteiger partial charge >= 0.3 is 0 Å². The fourth-order valence-electron chi connectivity index (χ4n) is 6.29. The summed E-state index contributed by atoms with van der Waals surface area (Å²) in [6.07, 6.45) is 6.95. The van der Waals surface area contributed by atoms with E-state index in [4.69, 9.17) is 8.83 Å². The first-order valence-corrected chi connectivity index (χ1v) is 15.7. The van der Waals surface area contributed by atoms with Gasteiger partial charge in [-0.2, -0.15) is 0 Å². The smallest absolute Gasteiger partial charge is 0.249 e. The average Bonchev–Trinajstić information content (AvgIpc) is 3.91. The quantitative estimate of drug-likeness (QED) is 0.175. The van der Waals surface area contributed by atoms with E-state index in [0.29, 0.717) is 23.6 Å². The van der Waals surface area contributed by atoms with Gasteiger partial charge in [-0.1, -0.05) is 38.1 Å². The highest BCUT2D eigenvalue weighted by Crippen LogP contribution is 2.50. The van der Waals surface area contributed by atoms with Gasteiger partial charge in [0.25, 0.3) is 0 Å². The molecule has 0 saturated heterocycles. The third-order valence-corrected chi connectivity index (χ3v) is 8.90. The number of nitrogens with zero attached hydrogens (tertiary/aromatic N) is 8. The van der Waals surface area contributed by atoms with Crippen LogP contribution in [0.3, 0.4) is 0 Å². The van der Waals surface area contributed by atoms with Gasteiger partial charge in [0, 0.05) is 41.3 Å². The van der Waals surface area contributed by atoms with Gasteiger partial charge in [-0.05, 0) is 95.1 Å². The van der Waals surface area contributed by atoms with Crippen molar-refractivity contribution in [2.45, 2.75) is 19.3 Å². The van der Waals surface area contributed by atoms with Crippen LogP contribution in [0, 0.1) is 0 Å². The van der Waals surface area contributed by atoms with Crippen molar-refractivity contribution in [2.75, 3.05) is 0 Å². The molecule has 0 spiro atoms. The Morgan fingerprint density at radius 3 is 1.22 bits per heavy atom. The van der Waals surface area contributed by atoms with Crippen LogP contribution >= 0.6 is 0 Å². The highest BCUT2D eigenvalue weighted by Gasteiger charge is 2.36. The fraction of sp³-hybridized carbons (Fsp3) is 0.0769. The van der Waals surface area contributed by atoms with E-state index in [1.165, 1.54) is 11.1 Å². The average molecular weight is 639 g/mol. The molecule has 0 radical (unpaired) electrons. The molecular formula is C39H26N8O2. The van der Waals surface area contributed by atoms with E-state index in [1.807, 2.05) is 72.8 Å². The Balaban J connectivity index is 0.968. The number of hydrogen-bond acceptors (Lipinski definition) is 10. The predicted molar refractivity (Wildman–Crippen MR) is 184 cm³/mol. The Hall–Kier alpha value is -6.68. The van der Waals surface area contributed by atoms with Gasteiger partial charge in [0.1, 0.15) is 0 Å². The lowest BCUT2D eigenvalue weighted by atomic mass is 9.81. The maximum absolute atomic E-state index is 6.14. The monoisotopic (exact) mass is 638 g/mol.